The molecule has 2 aromatic rings. The van der Waals surface area contributed by atoms with Gasteiger partial charge >= 0.3 is 12.3 Å². The molecule has 0 spiro atoms. The molecule has 0 bridgehead atoms. The van der Waals surface area contributed by atoms with Crippen molar-refractivity contribution in [1.29, 1.82) is 0 Å². The lowest BCUT2D eigenvalue weighted by molar-refractivity contribution is -0.138. The van der Waals surface area contributed by atoms with Crippen LogP contribution in [0, 0.1) is 3.57 Å². The summed E-state index contributed by atoms with van der Waals surface area (Å²) in [5.41, 5.74) is -1.38. The van der Waals surface area contributed by atoms with E-state index in [1.807, 2.05) is 0 Å². The lowest BCUT2D eigenvalue weighted by Crippen LogP contribution is -2.26. The van der Waals surface area contributed by atoms with Gasteiger partial charge in [-0.25, -0.2) is 14.3 Å². The second-order valence-corrected chi connectivity index (χ2v) is 6.47. The molecule has 0 unspecified atom stereocenters. The maximum atomic E-state index is 12.8. The average molecular weight is 412 g/mol. The number of carbonyl (C=O) groups is 1. The number of carbonyl (C=O) groups excluding carboxylic acids is 1. The third-order valence-electron chi connectivity index (χ3n) is 2.54. The van der Waals surface area contributed by atoms with Gasteiger partial charge in [-0.2, -0.15) is 13.2 Å². The summed E-state index contributed by atoms with van der Waals surface area (Å²) >= 11 is 1.60. The van der Waals surface area contributed by atoms with Crippen molar-refractivity contribution in [1.82, 2.24) is 9.55 Å². The number of halogens is 4. The van der Waals surface area contributed by atoms with Gasteiger partial charge in [-0.05, 0) is 49.4 Å². The minimum Gasteiger partial charge on any atom is -0.443 e. The van der Waals surface area contributed by atoms with Gasteiger partial charge in [-0.15, -0.1) is 0 Å². The molecule has 0 aliphatic rings. The van der Waals surface area contributed by atoms with Gasteiger partial charge in [0.1, 0.15) is 11.2 Å². The second kappa shape index (κ2) is 5.15. The Bertz CT molecular complexity index is 702. The molecule has 0 aliphatic heterocycles. The summed E-state index contributed by atoms with van der Waals surface area (Å²) in [6.07, 6.45) is -3.08. The minimum absolute atomic E-state index is 0.00686. The monoisotopic (exact) mass is 412 g/mol. The molecular weight excluding hydrogens is 400 g/mol. The lowest BCUT2D eigenvalue weighted by Gasteiger charge is -2.19. The van der Waals surface area contributed by atoms with Gasteiger partial charge in [0.2, 0.25) is 0 Å². The fourth-order valence-corrected chi connectivity index (χ4v) is 2.58. The van der Waals surface area contributed by atoms with Crippen molar-refractivity contribution >= 4 is 39.7 Å². The third-order valence-corrected chi connectivity index (χ3v) is 3.71. The average Bonchev–Trinajstić information content (AvgIpc) is 2.69. The summed E-state index contributed by atoms with van der Waals surface area (Å²) in [4.78, 5) is 15.8. The number of aromatic nitrogens is 2. The van der Waals surface area contributed by atoms with Crippen LogP contribution in [0.2, 0.25) is 0 Å². The van der Waals surface area contributed by atoms with Crippen LogP contribution in [0.3, 0.4) is 0 Å². The Balaban J connectivity index is 2.52. The fourth-order valence-electron chi connectivity index (χ4n) is 1.71. The largest absolute Gasteiger partial charge is 0.443 e. The van der Waals surface area contributed by atoms with E-state index in [9.17, 15) is 18.0 Å². The predicted molar refractivity (Wildman–Crippen MR) is 79.1 cm³/mol. The van der Waals surface area contributed by atoms with E-state index < -0.39 is 23.4 Å². The van der Waals surface area contributed by atoms with Crippen LogP contribution in [-0.2, 0) is 10.9 Å². The first-order valence-electron chi connectivity index (χ1n) is 5.97. The molecule has 4 nitrogen and oxygen atoms in total. The molecule has 2 heterocycles. The quantitative estimate of drug-likeness (QED) is 0.601. The Kier molecular flexibility index (Phi) is 3.94. The zero-order valence-corrected chi connectivity index (χ0v) is 13.6. The number of pyridine rings is 1. The van der Waals surface area contributed by atoms with Crippen molar-refractivity contribution in [3.05, 3.63) is 27.6 Å². The molecule has 0 aromatic carbocycles. The zero-order chi connectivity index (χ0) is 16.0. The third kappa shape index (κ3) is 3.30. The first-order valence-corrected chi connectivity index (χ1v) is 7.04. The predicted octanol–water partition coefficient (Wildman–Crippen LogP) is 4.44. The second-order valence-electron chi connectivity index (χ2n) is 5.39. The van der Waals surface area contributed by atoms with Gasteiger partial charge in [0.15, 0.2) is 0 Å². The lowest BCUT2D eigenvalue weighted by atomic mass is 10.2. The van der Waals surface area contributed by atoms with E-state index in [1.54, 1.807) is 43.4 Å². The van der Waals surface area contributed by atoms with Gasteiger partial charge in [-0.3, -0.25) is 0 Å². The van der Waals surface area contributed by atoms with Crippen LogP contribution in [-0.4, -0.2) is 21.2 Å². The SMILES string of the molecule is CC(C)(C)OC(=O)n1ccc2c(I)c(C(F)(F)F)cnc21. The van der Waals surface area contributed by atoms with Crippen LogP contribution in [0.1, 0.15) is 26.3 Å². The summed E-state index contributed by atoms with van der Waals surface area (Å²) in [6, 6.07) is 1.42. The van der Waals surface area contributed by atoms with Gasteiger partial charge in [0.25, 0.3) is 0 Å². The highest BCUT2D eigenvalue weighted by Crippen LogP contribution is 2.35. The number of fused-ring (bicyclic) bond motifs is 1. The molecule has 8 heteroatoms. The highest BCUT2D eigenvalue weighted by molar-refractivity contribution is 14.1. The standard InChI is InChI=1S/C13H12F3IN2O2/c1-12(2,3)21-11(20)19-5-4-7-9(17)8(13(14,15)16)6-18-10(7)19/h4-6H,1-3H3. The highest BCUT2D eigenvalue weighted by Gasteiger charge is 2.34. The number of hydrogen-bond donors (Lipinski definition) is 0. The smallest absolute Gasteiger partial charge is 0.420 e. The molecule has 0 saturated carbocycles. The van der Waals surface area contributed by atoms with Gasteiger partial charge < -0.3 is 4.74 Å². The summed E-state index contributed by atoms with van der Waals surface area (Å²) < 4.78 is 44.8. The Labute approximate surface area is 132 Å². The number of nitrogens with zero attached hydrogens (tertiary/aromatic N) is 2. The Morgan fingerprint density at radius 2 is 1.95 bits per heavy atom. The van der Waals surface area contributed by atoms with Gasteiger partial charge in [-0.1, -0.05) is 0 Å². The normalized spacial score (nSPS) is 12.7. The summed E-state index contributed by atoms with van der Waals surface area (Å²) in [6.45, 7) is 5.11. The summed E-state index contributed by atoms with van der Waals surface area (Å²) in [5.74, 6) is 0. The van der Waals surface area contributed by atoms with Crippen molar-refractivity contribution < 1.29 is 22.7 Å². The maximum absolute atomic E-state index is 12.8. The molecule has 0 radical (unpaired) electrons. The first kappa shape index (κ1) is 16.1. The van der Waals surface area contributed by atoms with Crippen LogP contribution in [0.5, 0.6) is 0 Å². The van der Waals surface area contributed by atoms with Crippen LogP contribution in [0.25, 0.3) is 11.0 Å². The first-order chi connectivity index (χ1) is 9.50. The molecule has 2 rings (SSSR count). The summed E-state index contributed by atoms with van der Waals surface area (Å²) in [5, 5.41) is 0.260. The molecule has 0 aliphatic carbocycles. The maximum Gasteiger partial charge on any atom is 0.420 e. The van der Waals surface area contributed by atoms with Crippen molar-refractivity contribution in [3.63, 3.8) is 0 Å². The van der Waals surface area contributed by atoms with Crippen molar-refractivity contribution in [2.45, 2.75) is 32.5 Å². The minimum atomic E-state index is -4.48. The number of ether oxygens (including phenoxy) is 1. The van der Waals surface area contributed by atoms with Crippen LogP contribution >= 0.6 is 22.6 Å². The summed E-state index contributed by atoms with van der Waals surface area (Å²) in [7, 11) is 0. The molecule has 2 aromatic heterocycles. The van der Waals surface area contributed by atoms with E-state index in [0.29, 0.717) is 0 Å². The van der Waals surface area contributed by atoms with E-state index in [1.165, 1.54) is 12.3 Å². The molecule has 0 amide bonds. The van der Waals surface area contributed by atoms with E-state index in [0.717, 1.165) is 10.8 Å². The van der Waals surface area contributed by atoms with E-state index in [2.05, 4.69) is 4.98 Å². The number of hydrogen-bond acceptors (Lipinski definition) is 3. The Hall–Kier alpha value is -1.32. The molecule has 0 N–H and O–H groups in total. The molecule has 0 atom stereocenters. The molecule has 0 saturated heterocycles. The zero-order valence-electron chi connectivity index (χ0n) is 11.5. The van der Waals surface area contributed by atoms with E-state index in [-0.39, 0.29) is 14.6 Å². The van der Waals surface area contributed by atoms with Gasteiger partial charge in [0, 0.05) is 21.4 Å². The molecular formula is C13H12F3IN2O2. The van der Waals surface area contributed by atoms with E-state index in [4.69, 9.17) is 4.74 Å². The van der Waals surface area contributed by atoms with Gasteiger partial charge in [0.05, 0.1) is 5.56 Å². The van der Waals surface area contributed by atoms with Crippen molar-refractivity contribution in [2.24, 2.45) is 0 Å². The van der Waals surface area contributed by atoms with E-state index >= 15 is 0 Å². The molecule has 114 valence electrons. The number of rotatable bonds is 0. The Morgan fingerprint density at radius 3 is 2.48 bits per heavy atom. The van der Waals surface area contributed by atoms with Crippen molar-refractivity contribution in [3.8, 4) is 0 Å². The topological polar surface area (TPSA) is 44.1 Å². The highest BCUT2D eigenvalue weighted by atomic mass is 127. The van der Waals surface area contributed by atoms with Crippen molar-refractivity contribution in [2.75, 3.05) is 0 Å². The van der Waals surface area contributed by atoms with Crippen LogP contribution in [0.15, 0.2) is 18.5 Å². The Morgan fingerprint density at radius 1 is 1.33 bits per heavy atom. The molecule has 21 heavy (non-hydrogen) atoms. The van der Waals surface area contributed by atoms with Crippen LogP contribution < -0.4 is 0 Å². The molecule has 0 fully saturated rings. The fraction of sp³-hybridized carbons (Fsp3) is 0.385. The number of alkyl halides is 3. The van der Waals surface area contributed by atoms with Crippen LogP contribution in [0.4, 0.5) is 18.0 Å².